The molecular formula is C20H21ClN2O5. The van der Waals surface area contributed by atoms with Crippen LogP contribution in [-0.4, -0.2) is 42.8 Å². The number of halogens is 1. The molecule has 0 saturated carbocycles. The number of hydrogen-bond donors (Lipinski definition) is 1. The molecule has 2 fully saturated rings. The molecule has 7 nitrogen and oxygen atoms in total. The Morgan fingerprint density at radius 1 is 1.29 bits per heavy atom. The van der Waals surface area contributed by atoms with Crippen molar-refractivity contribution in [1.29, 1.82) is 0 Å². The van der Waals surface area contributed by atoms with Crippen molar-refractivity contribution >= 4 is 35.2 Å². The van der Waals surface area contributed by atoms with Gasteiger partial charge in [0, 0.05) is 5.02 Å². The Bertz CT molecular complexity index is 853. The molecule has 0 radical (unpaired) electrons. The molecule has 0 aliphatic carbocycles. The Morgan fingerprint density at radius 2 is 2.00 bits per heavy atom. The minimum absolute atomic E-state index is 0.0611. The number of hydrogen-bond acceptors (Lipinski definition) is 5. The number of imide groups is 1. The molecule has 0 aromatic heterocycles. The van der Waals surface area contributed by atoms with Crippen LogP contribution >= 0.6 is 11.6 Å². The molecule has 1 aromatic carbocycles. The maximum absolute atomic E-state index is 13.2. The van der Waals surface area contributed by atoms with E-state index in [2.05, 4.69) is 5.32 Å². The van der Waals surface area contributed by atoms with Crippen molar-refractivity contribution in [3.05, 3.63) is 41.4 Å². The quantitative estimate of drug-likeness (QED) is 0.602. The summed E-state index contributed by atoms with van der Waals surface area (Å²) >= 11 is 5.91. The predicted octanol–water partition coefficient (Wildman–Crippen LogP) is 2.54. The molecule has 148 valence electrons. The number of ether oxygens (including phenoxy) is 2. The van der Waals surface area contributed by atoms with Crippen LogP contribution in [0.15, 0.2) is 36.4 Å². The van der Waals surface area contributed by atoms with Gasteiger partial charge in [-0.1, -0.05) is 37.6 Å². The second kappa shape index (κ2) is 6.90. The fourth-order valence-corrected chi connectivity index (χ4v) is 4.18. The predicted molar refractivity (Wildman–Crippen MR) is 102 cm³/mol. The van der Waals surface area contributed by atoms with Crippen molar-refractivity contribution in [3.8, 4) is 0 Å². The van der Waals surface area contributed by atoms with Gasteiger partial charge in [0.1, 0.15) is 5.60 Å². The molecule has 4 rings (SSSR count). The minimum atomic E-state index is -1.04. The molecule has 3 aliphatic rings. The second-order valence-electron chi connectivity index (χ2n) is 7.73. The van der Waals surface area contributed by atoms with Crippen LogP contribution in [0.1, 0.15) is 13.8 Å². The van der Waals surface area contributed by atoms with E-state index in [1.165, 1.54) is 4.90 Å². The smallest absolute Gasteiger partial charge is 0.407 e. The average molecular weight is 405 g/mol. The summed E-state index contributed by atoms with van der Waals surface area (Å²) in [4.78, 5) is 39.3. The van der Waals surface area contributed by atoms with Gasteiger partial charge in [0.25, 0.3) is 0 Å². The van der Waals surface area contributed by atoms with Crippen LogP contribution in [0, 0.1) is 17.8 Å². The summed E-state index contributed by atoms with van der Waals surface area (Å²) in [5.41, 5.74) is -0.562. The number of rotatable bonds is 5. The van der Waals surface area contributed by atoms with E-state index in [0.717, 1.165) is 0 Å². The van der Waals surface area contributed by atoms with Crippen LogP contribution in [-0.2, 0) is 19.1 Å². The highest BCUT2D eigenvalue weighted by molar-refractivity contribution is 6.31. The molecule has 28 heavy (non-hydrogen) atoms. The van der Waals surface area contributed by atoms with E-state index in [9.17, 15) is 14.4 Å². The van der Waals surface area contributed by atoms with Crippen molar-refractivity contribution in [1.82, 2.24) is 5.32 Å². The van der Waals surface area contributed by atoms with Gasteiger partial charge < -0.3 is 14.8 Å². The van der Waals surface area contributed by atoms with Gasteiger partial charge in [0.05, 0.1) is 36.8 Å². The molecule has 4 atom stereocenters. The fourth-order valence-electron chi connectivity index (χ4n) is 4.05. The molecule has 3 heterocycles. The first-order chi connectivity index (χ1) is 13.3. The van der Waals surface area contributed by atoms with E-state index >= 15 is 0 Å². The molecule has 2 bridgehead atoms. The maximum Gasteiger partial charge on any atom is 0.407 e. The molecule has 8 heteroatoms. The molecule has 3 amide bonds. The van der Waals surface area contributed by atoms with Crippen LogP contribution in [0.2, 0.25) is 5.02 Å². The molecule has 0 spiro atoms. The van der Waals surface area contributed by atoms with Crippen LogP contribution in [0.4, 0.5) is 10.5 Å². The van der Waals surface area contributed by atoms with Gasteiger partial charge in [-0.3, -0.25) is 9.59 Å². The first-order valence-corrected chi connectivity index (χ1v) is 9.61. The number of nitrogens with one attached hydrogen (secondary N) is 1. The Balaban J connectivity index is 1.53. The van der Waals surface area contributed by atoms with Gasteiger partial charge >= 0.3 is 6.09 Å². The van der Waals surface area contributed by atoms with Gasteiger partial charge in [0.2, 0.25) is 11.8 Å². The molecule has 1 aromatic rings. The third-order valence-electron chi connectivity index (χ3n) is 5.30. The Kier molecular flexibility index (Phi) is 4.67. The Labute approximate surface area is 167 Å². The molecule has 1 N–H and O–H groups in total. The topological polar surface area (TPSA) is 84.9 Å². The number of benzene rings is 1. The van der Waals surface area contributed by atoms with Crippen LogP contribution in [0.25, 0.3) is 0 Å². The fraction of sp³-hybridized carbons (Fsp3) is 0.450. The SMILES string of the molecule is CC(C)COC(=O)NC[C@@]12C=C[C@@H](O1)[C@@H]1C(=O)N(c3ccc(Cl)cc3)C(=O)[C@H]12. The Hall–Kier alpha value is -2.38. The molecule has 0 unspecified atom stereocenters. The van der Waals surface area contributed by atoms with Crippen molar-refractivity contribution in [2.75, 3.05) is 18.1 Å². The lowest BCUT2D eigenvalue weighted by atomic mass is 9.77. The van der Waals surface area contributed by atoms with E-state index in [-0.39, 0.29) is 24.3 Å². The molecule has 2 saturated heterocycles. The van der Waals surface area contributed by atoms with E-state index in [0.29, 0.717) is 17.3 Å². The second-order valence-corrected chi connectivity index (χ2v) is 8.17. The van der Waals surface area contributed by atoms with E-state index < -0.39 is 29.6 Å². The monoisotopic (exact) mass is 404 g/mol. The van der Waals surface area contributed by atoms with Gasteiger partial charge in [0.15, 0.2) is 0 Å². The van der Waals surface area contributed by atoms with E-state index in [4.69, 9.17) is 21.1 Å². The van der Waals surface area contributed by atoms with Gasteiger partial charge in [-0.2, -0.15) is 0 Å². The summed E-state index contributed by atoms with van der Waals surface area (Å²) in [6, 6.07) is 6.56. The van der Waals surface area contributed by atoms with Gasteiger partial charge in [-0.15, -0.1) is 0 Å². The highest BCUT2D eigenvalue weighted by Gasteiger charge is 2.67. The zero-order valence-electron chi connectivity index (χ0n) is 15.6. The van der Waals surface area contributed by atoms with Crippen molar-refractivity contribution in [2.45, 2.75) is 25.6 Å². The Morgan fingerprint density at radius 3 is 2.68 bits per heavy atom. The van der Waals surface area contributed by atoms with Crippen molar-refractivity contribution < 1.29 is 23.9 Å². The summed E-state index contributed by atoms with van der Waals surface area (Å²) in [6.07, 6.45) is 2.52. The lowest BCUT2D eigenvalue weighted by molar-refractivity contribution is -0.126. The number of anilines is 1. The summed E-state index contributed by atoms with van der Waals surface area (Å²) in [5.74, 6) is -1.69. The summed E-state index contributed by atoms with van der Waals surface area (Å²) < 4.78 is 11.1. The van der Waals surface area contributed by atoms with Crippen molar-refractivity contribution in [3.63, 3.8) is 0 Å². The van der Waals surface area contributed by atoms with Crippen molar-refractivity contribution in [2.24, 2.45) is 17.8 Å². The number of nitrogens with zero attached hydrogens (tertiary/aromatic N) is 1. The normalized spacial score (nSPS) is 30.3. The summed E-state index contributed by atoms with van der Waals surface area (Å²) in [5, 5.41) is 3.19. The van der Waals surface area contributed by atoms with E-state index in [1.54, 1.807) is 36.4 Å². The largest absolute Gasteiger partial charge is 0.449 e. The number of alkyl carbamates (subject to hydrolysis) is 1. The third-order valence-corrected chi connectivity index (χ3v) is 5.55. The molecular weight excluding hydrogens is 384 g/mol. The highest BCUT2D eigenvalue weighted by atomic mass is 35.5. The standard InChI is InChI=1S/C20H21ClN2O5/c1-11(2)9-27-19(26)22-10-20-8-7-14(28-20)15-16(20)18(25)23(17(15)24)13-5-3-12(21)4-6-13/h3-8,11,14-16H,9-10H2,1-2H3,(H,22,26)/t14-,15+,16+,20-/m1/s1. The zero-order chi connectivity index (χ0) is 20.1. The number of fused-ring (bicyclic) bond motifs is 5. The molecule has 3 aliphatic heterocycles. The lowest BCUT2D eigenvalue weighted by Crippen LogP contribution is -2.49. The van der Waals surface area contributed by atoms with Gasteiger partial charge in [-0.05, 0) is 30.2 Å². The maximum atomic E-state index is 13.2. The average Bonchev–Trinajstić information content (AvgIpc) is 3.30. The van der Waals surface area contributed by atoms with Gasteiger partial charge in [-0.25, -0.2) is 9.69 Å². The van der Waals surface area contributed by atoms with E-state index in [1.807, 2.05) is 13.8 Å². The third kappa shape index (κ3) is 2.99. The van der Waals surface area contributed by atoms with Crippen LogP contribution in [0.3, 0.4) is 0 Å². The first-order valence-electron chi connectivity index (χ1n) is 9.23. The number of amides is 3. The lowest BCUT2D eigenvalue weighted by Gasteiger charge is -2.29. The summed E-state index contributed by atoms with van der Waals surface area (Å²) in [6.45, 7) is 4.24. The first kappa shape index (κ1) is 19.0. The number of carbonyl (C=O) groups is 3. The van der Waals surface area contributed by atoms with Crippen LogP contribution < -0.4 is 10.2 Å². The number of carbonyl (C=O) groups excluding carboxylic acids is 3. The van der Waals surface area contributed by atoms with Crippen LogP contribution in [0.5, 0.6) is 0 Å². The zero-order valence-corrected chi connectivity index (χ0v) is 16.3. The highest BCUT2D eigenvalue weighted by Crippen LogP contribution is 2.52. The summed E-state index contributed by atoms with van der Waals surface area (Å²) in [7, 11) is 0. The minimum Gasteiger partial charge on any atom is -0.449 e.